The van der Waals surface area contributed by atoms with E-state index in [-0.39, 0.29) is 32.6 Å². The number of nitrogens with zero attached hydrogens (tertiary/aromatic N) is 1. The average Bonchev–Trinajstić information content (AvgIpc) is 2.92. The molecule has 1 heterocycles. The van der Waals surface area contributed by atoms with Crippen LogP contribution in [0.2, 0.25) is 0 Å². The van der Waals surface area contributed by atoms with Gasteiger partial charge in [-0.3, -0.25) is 9.59 Å². The molecule has 0 aliphatic carbocycles. The van der Waals surface area contributed by atoms with Gasteiger partial charge in [0.25, 0.3) is 11.8 Å². The Kier molecular flexibility index (Phi) is 8.45. The number of aliphatic hydroxyl groups is 1. The molecule has 1 saturated heterocycles. The fourth-order valence-corrected chi connectivity index (χ4v) is 2.25. The second-order valence-electron chi connectivity index (χ2n) is 5.83. The Balaban J connectivity index is 0.00000338. The number of aliphatic hydroxyl groups excluding tert-OH is 1. The fraction of sp³-hybridized carbons (Fsp3) is 0.350. The molecule has 2 amide bonds. The van der Waals surface area contributed by atoms with Crippen LogP contribution in [0.5, 0.6) is 0 Å². The molecule has 1 aliphatic heterocycles. The van der Waals surface area contributed by atoms with Crippen molar-refractivity contribution in [3.63, 3.8) is 0 Å². The highest BCUT2D eigenvalue weighted by Gasteiger charge is 2.32. The number of hydrogen-bond acceptors (Lipinski definition) is 5. The molecule has 0 aromatic heterocycles. The van der Waals surface area contributed by atoms with Crippen molar-refractivity contribution in [1.29, 1.82) is 0 Å². The molecule has 0 bridgehead atoms. The number of amides is 2. The van der Waals surface area contributed by atoms with Crippen LogP contribution in [-0.2, 0) is 19.2 Å². The summed E-state index contributed by atoms with van der Waals surface area (Å²) < 4.78 is 0. The molecule has 0 radical (unpaired) electrons. The Morgan fingerprint density at radius 1 is 1.23 bits per heavy atom. The highest BCUT2D eigenvalue weighted by atomic mass is 16.7. The number of hydrogen-bond donors (Lipinski definition) is 1. The van der Waals surface area contributed by atoms with Crippen LogP contribution in [0.15, 0.2) is 48.6 Å². The minimum absolute atomic E-state index is 0. The summed E-state index contributed by atoms with van der Waals surface area (Å²) >= 11 is 0. The molecule has 6 heteroatoms. The first kappa shape index (κ1) is 21.3. The Hall–Kier alpha value is -2.73. The van der Waals surface area contributed by atoms with E-state index in [4.69, 9.17) is 4.84 Å². The van der Waals surface area contributed by atoms with E-state index >= 15 is 0 Å². The number of carbonyl (C=O) groups is 3. The largest absolute Gasteiger partial charge is 0.392 e. The lowest BCUT2D eigenvalue weighted by Gasteiger charge is -2.13. The lowest BCUT2D eigenvalue weighted by atomic mass is 10.00. The van der Waals surface area contributed by atoms with Gasteiger partial charge in [-0.1, -0.05) is 62.9 Å². The van der Waals surface area contributed by atoms with Crippen LogP contribution in [0.1, 0.15) is 39.2 Å². The minimum Gasteiger partial charge on any atom is -0.392 e. The molecular weight excluding hydrogens is 334 g/mol. The van der Waals surface area contributed by atoms with E-state index in [1.54, 1.807) is 0 Å². The van der Waals surface area contributed by atoms with Gasteiger partial charge in [-0.25, -0.2) is 4.79 Å². The van der Waals surface area contributed by atoms with E-state index in [1.807, 2.05) is 49.4 Å². The van der Waals surface area contributed by atoms with Crippen molar-refractivity contribution >= 4 is 23.9 Å². The summed E-state index contributed by atoms with van der Waals surface area (Å²) in [6.07, 6.45) is 6.08. The third-order valence-corrected chi connectivity index (χ3v) is 3.82. The van der Waals surface area contributed by atoms with Crippen LogP contribution in [0.3, 0.4) is 0 Å². The molecule has 0 spiro atoms. The second-order valence-corrected chi connectivity index (χ2v) is 5.83. The number of rotatable bonds is 7. The van der Waals surface area contributed by atoms with Gasteiger partial charge in [-0.15, -0.1) is 5.06 Å². The van der Waals surface area contributed by atoms with Crippen molar-refractivity contribution < 1.29 is 24.3 Å². The van der Waals surface area contributed by atoms with E-state index in [1.165, 1.54) is 6.08 Å². The van der Waals surface area contributed by atoms with Gasteiger partial charge in [0.05, 0.1) is 6.10 Å². The summed E-state index contributed by atoms with van der Waals surface area (Å²) in [5, 5.41) is 10.6. The van der Waals surface area contributed by atoms with Crippen molar-refractivity contribution in [3.05, 3.63) is 54.1 Å². The number of benzene rings is 1. The minimum atomic E-state index is -0.816. The first-order chi connectivity index (χ1) is 12.0. The summed E-state index contributed by atoms with van der Waals surface area (Å²) in [5.41, 5.74) is 1.04. The Labute approximate surface area is 153 Å². The molecule has 26 heavy (non-hydrogen) atoms. The number of imide groups is 1. The average molecular weight is 359 g/mol. The van der Waals surface area contributed by atoms with Gasteiger partial charge in [-0.2, -0.15) is 0 Å². The molecule has 0 unspecified atom stereocenters. The maximum Gasteiger partial charge on any atom is 0.356 e. The smallest absolute Gasteiger partial charge is 0.356 e. The summed E-state index contributed by atoms with van der Waals surface area (Å²) in [4.78, 5) is 39.0. The highest BCUT2D eigenvalue weighted by Crippen LogP contribution is 2.14. The zero-order valence-corrected chi connectivity index (χ0v) is 14.0. The normalized spacial score (nSPS) is 16.8. The van der Waals surface area contributed by atoms with Crippen molar-refractivity contribution in [2.24, 2.45) is 5.92 Å². The van der Waals surface area contributed by atoms with Crippen LogP contribution in [-0.4, -0.2) is 34.1 Å². The summed E-state index contributed by atoms with van der Waals surface area (Å²) in [5.74, 6) is -1.97. The van der Waals surface area contributed by atoms with Gasteiger partial charge in [-0.05, 0) is 12.0 Å². The summed E-state index contributed by atoms with van der Waals surface area (Å²) in [6, 6.07) is 9.73. The van der Waals surface area contributed by atoms with E-state index in [0.717, 1.165) is 11.6 Å². The Morgan fingerprint density at radius 3 is 2.46 bits per heavy atom. The molecular formula is C20H25NO5. The molecule has 2 atom stereocenters. The predicted octanol–water partition coefficient (Wildman–Crippen LogP) is 2.89. The monoisotopic (exact) mass is 359 g/mol. The standard InChI is InChI=1S/C19H21NO5.CH4/c1-14(10-11-15-6-3-2-4-7-15)16(21)8-5-9-19(24)25-20-17(22)12-13-18(20)23;/h2-7,9-11,14,16,21H,8,12-13H2,1H3;1H4/b9-5+,11-10+;/t14-,16+;/m1./s1. The van der Waals surface area contributed by atoms with Gasteiger partial charge in [0.15, 0.2) is 0 Å². The molecule has 140 valence electrons. The number of hydroxylamine groups is 2. The van der Waals surface area contributed by atoms with Crippen LogP contribution in [0.25, 0.3) is 6.08 Å². The van der Waals surface area contributed by atoms with Gasteiger partial charge >= 0.3 is 5.97 Å². The topological polar surface area (TPSA) is 83.9 Å². The van der Waals surface area contributed by atoms with Crippen molar-refractivity contribution in [3.8, 4) is 0 Å². The maximum atomic E-state index is 11.6. The first-order valence-electron chi connectivity index (χ1n) is 8.13. The van der Waals surface area contributed by atoms with Crippen LogP contribution >= 0.6 is 0 Å². The van der Waals surface area contributed by atoms with Crippen molar-refractivity contribution in [2.45, 2.75) is 39.7 Å². The molecule has 1 aromatic rings. The third-order valence-electron chi connectivity index (χ3n) is 3.82. The third kappa shape index (κ3) is 6.29. The van der Waals surface area contributed by atoms with Crippen molar-refractivity contribution in [1.82, 2.24) is 5.06 Å². The zero-order chi connectivity index (χ0) is 18.2. The van der Waals surface area contributed by atoms with Crippen molar-refractivity contribution in [2.75, 3.05) is 0 Å². The zero-order valence-electron chi connectivity index (χ0n) is 14.0. The van der Waals surface area contributed by atoms with Gasteiger partial charge < -0.3 is 9.94 Å². The molecule has 1 N–H and O–H groups in total. The summed E-state index contributed by atoms with van der Waals surface area (Å²) in [6.45, 7) is 1.87. The van der Waals surface area contributed by atoms with Gasteiger partial charge in [0, 0.05) is 24.8 Å². The molecule has 1 aliphatic rings. The molecule has 1 aromatic carbocycles. The molecule has 1 fully saturated rings. The van der Waals surface area contributed by atoms with Crippen LogP contribution < -0.4 is 0 Å². The fourth-order valence-electron chi connectivity index (χ4n) is 2.25. The first-order valence-corrected chi connectivity index (χ1v) is 8.13. The second kappa shape index (κ2) is 10.3. The lowest BCUT2D eigenvalue weighted by molar-refractivity contribution is -0.193. The van der Waals surface area contributed by atoms with Crippen LogP contribution in [0, 0.1) is 5.92 Å². The van der Waals surface area contributed by atoms with Crippen LogP contribution in [0.4, 0.5) is 0 Å². The molecule has 0 saturated carbocycles. The molecule has 2 rings (SSSR count). The quantitative estimate of drug-likeness (QED) is 0.598. The Bertz CT molecular complexity index is 665. The SMILES string of the molecule is C.C[C@H](/C=C/c1ccccc1)[C@@H](O)C/C=C/C(=O)ON1C(=O)CCC1=O. The van der Waals surface area contributed by atoms with E-state index < -0.39 is 23.9 Å². The van der Waals surface area contributed by atoms with Gasteiger partial charge in [0.2, 0.25) is 0 Å². The highest BCUT2D eigenvalue weighted by molar-refractivity contribution is 6.02. The summed E-state index contributed by atoms with van der Waals surface area (Å²) in [7, 11) is 0. The predicted molar refractivity (Wildman–Crippen MR) is 98.3 cm³/mol. The molecule has 6 nitrogen and oxygen atoms in total. The number of carbonyl (C=O) groups excluding carboxylic acids is 3. The van der Waals surface area contributed by atoms with E-state index in [2.05, 4.69) is 0 Å². The lowest BCUT2D eigenvalue weighted by Crippen LogP contribution is -2.31. The maximum absolute atomic E-state index is 11.6. The van der Waals surface area contributed by atoms with E-state index in [0.29, 0.717) is 5.06 Å². The van der Waals surface area contributed by atoms with E-state index in [9.17, 15) is 19.5 Å². The van der Waals surface area contributed by atoms with Gasteiger partial charge in [0.1, 0.15) is 0 Å². The Morgan fingerprint density at radius 2 is 1.85 bits per heavy atom.